The Morgan fingerprint density at radius 2 is 2.04 bits per heavy atom. The van der Waals surface area contributed by atoms with Gasteiger partial charge in [-0.15, -0.1) is 0 Å². The average molecular weight is 341 g/mol. The number of H-pyrrole nitrogens is 1. The first kappa shape index (κ1) is 14.9. The molecule has 4 rings (SSSR count). The van der Waals surface area contributed by atoms with Crippen molar-refractivity contribution in [2.75, 3.05) is 5.75 Å². The van der Waals surface area contributed by atoms with Gasteiger partial charge in [0.1, 0.15) is 0 Å². The normalized spacial score (nSPS) is 18.9. The molecule has 1 aliphatic rings. The molecule has 0 bridgehead atoms. The summed E-state index contributed by atoms with van der Waals surface area (Å²) in [5.74, 6) is -0.195. The van der Waals surface area contributed by atoms with E-state index in [1.165, 1.54) is 0 Å². The van der Waals surface area contributed by atoms with Gasteiger partial charge in [0.2, 0.25) is 0 Å². The minimum Gasteiger partial charge on any atom is -0.345 e. The molecule has 0 fully saturated rings. The molecule has 0 spiro atoms. The molecule has 0 saturated carbocycles. The van der Waals surface area contributed by atoms with Crippen LogP contribution in [0.15, 0.2) is 53.7 Å². The van der Waals surface area contributed by atoms with E-state index in [4.69, 9.17) is 0 Å². The van der Waals surface area contributed by atoms with Crippen molar-refractivity contribution in [3.05, 3.63) is 59.9 Å². The van der Waals surface area contributed by atoms with Crippen LogP contribution in [0.1, 0.15) is 28.4 Å². The first-order chi connectivity index (χ1) is 11.5. The van der Waals surface area contributed by atoms with Crippen molar-refractivity contribution < 1.29 is 13.2 Å². The van der Waals surface area contributed by atoms with E-state index in [2.05, 4.69) is 15.3 Å². The van der Waals surface area contributed by atoms with Gasteiger partial charge in [0.25, 0.3) is 5.91 Å². The first-order valence-electron chi connectivity index (χ1n) is 7.60. The first-order valence-corrected chi connectivity index (χ1v) is 9.25. The van der Waals surface area contributed by atoms with Gasteiger partial charge in [-0.25, -0.2) is 13.4 Å². The zero-order valence-electron chi connectivity index (χ0n) is 12.7. The monoisotopic (exact) mass is 341 g/mol. The molecule has 2 aromatic carbocycles. The highest BCUT2D eigenvalue weighted by atomic mass is 32.2. The third kappa shape index (κ3) is 2.46. The van der Waals surface area contributed by atoms with Gasteiger partial charge in [-0.3, -0.25) is 4.79 Å². The van der Waals surface area contributed by atoms with Crippen LogP contribution < -0.4 is 5.32 Å². The van der Waals surface area contributed by atoms with Crippen molar-refractivity contribution in [3.8, 4) is 0 Å². The lowest BCUT2D eigenvalue weighted by Gasteiger charge is -2.26. The van der Waals surface area contributed by atoms with E-state index in [-0.39, 0.29) is 17.7 Å². The molecule has 2 N–H and O–H groups in total. The molecule has 0 aliphatic carbocycles. The van der Waals surface area contributed by atoms with Crippen molar-refractivity contribution in [1.29, 1.82) is 0 Å². The number of nitrogens with zero attached hydrogens (tertiary/aromatic N) is 1. The fourth-order valence-corrected chi connectivity index (χ4v) is 4.68. The third-order valence-corrected chi connectivity index (χ3v) is 6.11. The van der Waals surface area contributed by atoms with Gasteiger partial charge >= 0.3 is 0 Å². The lowest BCUT2D eigenvalue weighted by atomic mass is 10.0. The van der Waals surface area contributed by atoms with Crippen LogP contribution in [0.2, 0.25) is 0 Å². The summed E-state index contributed by atoms with van der Waals surface area (Å²) in [5.41, 5.74) is 2.74. The number of carbonyl (C=O) groups is 1. The van der Waals surface area contributed by atoms with Gasteiger partial charge in [0.05, 0.1) is 34.1 Å². The Bertz CT molecular complexity index is 1040. The standard InChI is InChI=1S/C17H15N3O3S/c21-17(11-5-6-14-15(9-11)19-10-18-14)20-13-7-8-24(22,23)16-4-2-1-3-12(13)16/h1-6,9-10,13H,7-8H2,(H,18,19)(H,20,21)/t13-/m1/s1. The zero-order chi connectivity index (χ0) is 16.7. The van der Waals surface area contributed by atoms with Crippen LogP contribution >= 0.6 is 0 Å². The highest BCUT2D eigenvalue weighted by Gasteiger charge is 2.30. The molecule has 0 radical (unpaired) electrons. The Hall–Kier alpha value is -2.67. The molecule has 1 aromatic heterocycles. The molecular formula is C17H15N3O3S. The summed E-state index contributed by atoms with van der Waals surface area (Å²) >= 11 is 0. The van der Waals surface area contributed by atoms with Gasteiger partial charge in [-0.1, -0.05) is 18.2 Å². The lowest BCUT2D eigenvalue weighted by Crippen LogP contribution is -2.33. The smallest absolute Gasteiger partial charge is 0.251 e. The van der Waals surface area contributed by atoms with E-state index >= 15 is 0 Å². The Morgan fingerprint density at radius 1 is 1.21 bits per heavy atom. The predicted octanol–water partition coefficient (Wildman–Crippen LogP) is 2.21. The number of hydrogen-bond donors (Lipinski definition) is 2. The SMILES string of the molecule is O=C(N[C@@H]1CCS(=O)(=O)c2ccccc21)c1ccc2nc[nH]c2c1. The highest BCUT2D eigenvalue weighted by Crippen LogP contribution is 2.32. The highest BCUT2D eigenvalue weighted by molar-refractivity contribution is 7.91. The van der Waals surface area contributed by atoms with E-state index in [1.807, 2.05) is 0 Å². The quantitative estimate of drug-likeness (QED) is 0.747. The van der Waals surface area contributed by atoms with Gasteiger partial charge in [0, 0.05) is 5.56 Å². The Balaban J connectivity index is 1.64. The molecular weight excluding hydrogens is 326 g/mol. The molecule has 0 saturated heterocycles. The number of aromatic amines is 1. The van der Waals surface area contributed by atoms with E-state index < -0.39 is 9.84 Å². The second-order valence-electron chi connectivity index (χ2n) is 5.81. The number of imidazole rings is 1. The minimum absolute atomic E-state index is 0.0363. The Labute approximate surface area is 138 Å². The Kier molecular flexibility index (Phi) is 3.38. The maximum absolute atomic E-state index is 12.6. The van der Waals surface area contributed by atoms with Crippen molar-refractivity contribution in [2.24, 2.45) is 0 Å². The van der Waals surface area contributed by atoms with E-state index in [1.54, 1.807) is 48.8 Å². The van der Waals surface area contributed by atoms with Gasteiger partial charge in [0.15, 0.2) is 9.84 Å². The maximum atomic E-state index is 12.6. The summed E-state index contributed by atoms with van der Waals surface area (Å²) in [6, 6.07) is 11.8. The number of aromatic nitrogens is 2. The lowest BCUT2D eigenvalue weighted by molar-refractivity contribution is 0.0934. The zero-order valence-corrected chi connectivity index (χ0v) is 13.5. The van der Waals surface area contributed by atoms with Crippen LogP contribution in [0.25, 0.3) is 11.0 Å². The topological polar surface area (TPSA) is 91.9 Å². The molecule has 2 heterocycles. The molecule has 0 unspecified atom stereocenters. The van der Waals surface area contributed by atoms with Crippen molar-refractivity contribution in [2.45, 2.75) is 17.4 Å². The molecule has 122 valence electrons. The summed E-state index contributed by atoms with van der Waals surface area (Å²) in [4.78, 5) is 20.0. The fourth-order valence-electron chi connectivity index (χ4n) is 3.06. The van der Waals surface area contributed by atoms with Crippen LogP contribution in [0.3, 0.4) is 0 Å². The van der Waals surface area contributed by atoms with Crippen molar-refractivity contribution >= 4 is 26.8 Å². The number of benzene rings is 2. The van der Waals surface area contributed by atoms with E-state index in [9.17, 15) is 13.2 Å². The van der Waals surface area contributed by atoms with Gasteiger partial charge in [-0.2, -0.15) is 0 Å². The summed E-state index contributed by atoms with van der Waals surface area (Å²) < 4.78 is 24.3. The number of hydrogen-bond acceptors (Lipinski definition) is 4. The predicted molar refractivity (Wildman–Crippen MR) is 89.4 cm³/mol. The third-order valence-electron chi connectivity index (χ3n) is 4.29. The van der Waals surface area contributed by atoms with Crippen LogP contribution in [0.4, 0.5) is 0 Å². The van der Waals surface area contributed by atoms with Gasteiger partial charge in [-0.05, 0) is 36.2 Å². The second kappa shape index (κ2) is 5.45. The van der Waals surface area contributed by atoms with Crippen LogP contribution in [-0.4, -0.2) is 30.0 Å². The van der Waals surface area contributed by atoms with Crippen LogP contribution in [0, 0.1) is 0 Å². The molecule has 7 heteroatoms. The molecule has 1 aliphatic heterocycles. The second-order valence-corrected chi connectivity index (χ2v) is 7.88. The minimum atomic E-state index is -3.26. The number of fused-ring (bicyclic) bond motifs is 2. The van der Waals surface area contributed by atoms with Crippen molar-refractivity contribution in [1.82, 2.24) is 15.3 Å². The number of carbonyl (C=O) groups excluding carboxylic acids is 1. The summed E-state index contributed by atoms with van der Waals surface area (Å²) in [6.45, 7) is 0. The molecule has 1 atom stereocenters. The molecule has 24 heavy (non-hydrogen) atoms. The van der Waals surface area contributed by atoms with E-state index in [0.29, 0.717) is 22.4 Å². The van der Waals surface area contributed by atoms with E-state index in [0.717, 1.165) is 11.0 Å². The molecule has 6 nitrogen and oxygen atoms in total. The number of nitrogens with one attached hydrogen (secondary N) is 2. The van der Waals surface area contributed by atoms with Gasteiger partial charge < -0.3 is 10.3 Å². The van der Waals surface area contributed by atoms with Crippen molar-refractivity contribution in [3.63, 3.8) is 0 Å². The van der Waals surface area contributed by atoms with Crippen LogP contribution in [0.5, 0.6) is 0 Å². The molecule has 3 aromatic rings. The number of amides is 1. The molecule has 1 amide bonds. The summed E-state index contributed by atoms with van der Waals surface area (Å²) in [7, 11) is -3.26. The average Bonchev–Trinajstić information content (AvgIpc) is 3.05. The Morgan fingerprint density at radius 3 is 2.92 bits per heavy atom. The van der Waals surface area contributed by atoms with Crippen LogP contribution in [-0.2, 0) is 9.84 Å². The maximum Gasteiger partial charge on any atom is 0.251 e. The summed E-state index contributed by atoms with van der Waals surface area (Å²) in [6.07, 6.45) is 1.95. The number of sulfone groups is 1. The summed E-state index contributed by atoms with van der Waals surface area (Å²) in [5, 5.41) is 2.95. The number of rotatable bonds is 2. The largest absolute Gasteiger partial charge is 0.345 e. The fraction of sp³-hybridized carbons (Fsp3) is 0.176.